The predicted molar refractivity (Wildman–Crippen MR) is 87.6 cm³/mol. The van der Waals surface area contributed by atoms with Crippen molar-refractivity contribution in [3.8, 4) is 11.5 Å². The quantitative estimate of drug-likeness (QED) is 0.805. The fourth-order valence-corrected chi connectivity index (χ4v) is 4.61. The number of rotatable bonds is 7. The van der Waals surface area contributed by atoms with Gasteiger partial charge in [0, 0.05) is 13.0 Å². The highest BCUT2D eigenvalue weighted by Crippen LogP contribution is 2.27. The minimum atomic E-state index is -2.92. The van der Waals surface area contributed by atoms with E-state index in [1.165, 1.54) is 0 Å². The van der Waals surface area contributed by atoms with Crippen molar-refractivity contribution in [2.24, 2.45) is 5.92 Å². The molecule has 1 aliphatic rings. The molecule has 6 nitrogen and oxygen atoms in total. The third-order valence-corrected chi connectivity index (χ3v) is 5.82. The highest BCUT2D eigenvalue weighted by Gasteiger charge is 2.29. The molecule has 1 N–H and O–H groups in total. The third kappa shape index (κ3) is 5.13. The second-order valence-corrected chi connectivity index (χ2v) is 7.99. The number of nitrogens with one attached hydrogen (secondary N) is 1. The average Bonchev–Trinajstić information content (AvgIpc) is 2.85. The van der Waals surface area contributed by atoms with Crippen molar-refractivity contribution in [3.05, 3.63) is 23.8 Å². The van der Waals surface area contributed by atoms with E-state index in [9.17, 15) is 13.2 Å². The van der Waals surface area contributed by atoms with Crippen molar-refractivity contribution in [3.63, 3.8) is 0 Å². The Labute approximate surface area is 137 Å². The minimum Gasteiger partial charge on any atom is -0.493 e. The first kappa shape index (κ1) is 17.6. The summed E-state index contributed by atoms with van der Waals surface area (Å²) in [4.78, 5) is 11.9. The lowest BCUT2D eigenvalue weighted by Gasteiger charge is -2.11. The van der Waals surface area contributed by atoms with E-state index in [-0.39, 0.29) is 29.8 Å². The van der Waals surface area contributed by atoms with Crippen LogP contribution < -0.4 is 14.8 Å². The van der Waals surface area contributed by atoms with E-state index in [1.807, 2.05) is 18.2 Å². The van der Waals surface area contributed by atoms with Crippen LogP contribution >= 0.6 is 0 Å². The molecule has 1 fully saturated rings. The maximum Gasteiger partial charge on any atom is 0.220 e. The predicted octanol–water partition coefficient (Wildman–Crippen LogP) is 1.19. The Bertz CT molecular complexity index is 656. The van der Waals surface area contributed by atoms with E-state index >= 15 is 0 Å². The Morgan fingerprint density at radius 3 is 2.61 bits per heavy atom. The van der Waals surface area contributed by atoms with E-state index in [1.54, 1.807) is 14.2 Å². The number of carbonyl (C=O) groups is 1. The van der Waals surface area contributed by atoms with Gasteiger partial charge in [-0.1, -0.05) is 6.07 Å². The molecule has 0 aromatic heterocycles. The summed E-state index contributed by atoms with van der Waals surface area (Å²) >= 11 is 0. The van der Waals surface area contributed by atoms with Crippen LogP contribution in [-0.2, 0) is 21.1 Å². The molecule has 0 spiro atoms. The number of ether oxygens (including phenoxy) is 2. The first-order valence-corrected chi connectivity index (χ1v) is 9.43. The molecule has 2 rings (SSSR count). The SMILES string of the molecule is COc1ccc(CCNC(=O)C[C@@H]2CCS(=O)(=O)C2)cc1OC. The van der Waals surface area contributed by atoms with Crippen LogP contribution in [-0.4, -0.2) is 46.6 Å². The van der Waals surface area contributed by atoms with Crippen LogP contribution in [0.5, 0.6) is 11.5 Å². The Morgan fingerprint density at radius 2 is 2.00 bits per heavy atom. The second-order valence-electron chi connectivity index (χ2n) is 5.76. The maximum absolute atomic E-state index is 11.9. The number of hydrogen-bond acceptors (Lipinski definition) is 5. The molecule has 1 atom stereocenters. The van der Waals surface area contributed by atoms with Gasteiger partial charge in [-0.3, -0.25) is 4.79 Å². The summed E-state index contributed by atoms with van der Waals surface area (Å²) in [6.07, 6.45) is 1.55. The van der Waals surface area contributed by atoms with Crippen LogP contribution in [0, 0.1) is 5.92 Å². The van der Waals surface area contributed by atoms with Gasteiger partial charge < -0.3 is 14.8 Å². The third-order valence-electron chi connectivity index (χ3n) is 3.98. The summed E-state index contributed by atoms with van der Waals surface area (Å²) in [5, 5.41) is 2.85. The van der Waals surface area contributed by atoms with Crippen molar-refractivity contribution in [1.29, 1.82) is 0 Å². The van der Waals surface area contributed by atoms with Crippen molar-refractivity contribution >= 4 is 15.7 Å². The van der Waals surface area contributed by atoms with Gasteiger partial charge in [0.25, 0.3) is 0 Å². The Hall–Kier alpha value is -1.76. The van der Waals surface area contributed by atoms with Crippen LogP contribution in [0.15, 0.2) is 18.2 Å². The van der Waals surface area contributed by atoms with E-state index in [0.29, 0.717) is 30.9 Å². The van der Waals surface area contributed by atoms with Crippen LogP contribution in [0.2, 0.25) is 0 Å². The molecule has 128 valence electrons. The zero-order valence-corrected chi connectivity index (χ0v) is 14.3. The molecule has 1 aromatic rings. The van der Waals surface area contributed by atoms with Crippen LogP contribution in [0.1, 0.15) is 18.4 Å². The topological polar surface area (TPSA) is 81.7 Å². The van der Waals surface area contributed by atoms with Crippen molar-refractivity contribution < 1.29 is 22.7 Å². The van der Waals surface area contributed by atoms with Crippen molar-refractivity contribution in [1.82, 2.24) is 5.32 Å². The van der Waals surface area contributed by atoms with Gasteiger partial charge in [0.15, 0.2) is 21.3 Å². The van der Waals surface area contributed by atoms with Gasteiger partial charge in [-0.25, -0.2) is 8.42 Å². The van der Waals surface area contributed by atoms with Gasteiger partial charge in [0.1, 0.15) is 0 Å². The smallest absolute Gasteiger partial charge is 0.220 e. The Morgan fingerprint density at radius 1 is 1.26 bits per heavy atom. The normalized spacial score (nSPS) is 19.3. The summed E-state index contributed by atoms with van der Waals surface area (Å²) in [6.45, 7) is 0.508. The van der Waals surface area contributed by atoms with E-state index in [0.717, 1.165) is 5.56 Å². The lowest BCUT2D eigenvalue weighted by Crippen LogP contribution is -2.27. The number of methoxy groups -OCH3 is 2. The number of benzene rings is 1. The second kappa shape index (κ2) is 7.68. The van der Waals surface area contributed by atoms with Crippen molar-refractivity contribution in [2.45, 2.75) is 19.3 Å². The van der Waals surface area contributed by atoms with Gasteiger partial charge in [0.2, 0.25) is 5.91 Å². The molecular formula is C16H23NO5S. The Balaban J connectivity index is 1.77. The molecule has 1 aliphatic heterocycles. The van der Waals surface area contributed by atoms with E-state index in [4.69, 9.17) is 9.47 Å². The molecule has 1 saturated heterocycles. The summed E-state index contributed by atoms with van der Waals surface area (Å²) in [5.41, 5.74) is 1.03. The molecular weight excluding hydrogens is 318 g/mol. The number of sulfone groups is 1. The number of hydrogen-bond donors (Lipinski definition) is 1. The zero-order chi connectivity index (χ0) is 16.9. The fraction of sp³-hybridized carbons (Fsp3) is 0.562. The molecule has 0 aliphatic carbocycles. The largest absolute Gasteiger partial charge is 0.493 e. The average molecular weight is 341 g/mol. The van der Waals surface area contributed by atoms with Crippen LogP contribution in [0.3, 0.4) is 0 Å². The first-order valence-electron chi connectivity index (χ1n) is 7.61. The summed E-state index contributed by atoms with van der Waals surface area (Å²) in [5.74, 6) is 1.54. The first-order chi connectivity index (χ1) is 10.9. The van der Waals surface area contributed by atoms with Crippen LogP contribution in [0.25, 0.3) is 0 Å². The molecule has 0 saturated carbocycles. The highest BCUT2D eigenvalue weighted by atomic mass is 32.2. The van der Waals surface area contributed by atoms with Gasteiger partial charge in [0.05, 0.1) is 25.7 Å². The summed E-state index contributed by atoms with van der Waals surface area (Å²) in [6, 6.07) is 5.64. The van der Waals surface area contributed by atoms with Crippen molar-refractivity contribution in [2.75, 3.05) is 32.3 Å². The summed E-state index contributed by atoms with van der Waals surface area (Å²) in [7, 11) is 0.242. The molecule has 1 aromatic carbocycles. The van der Waals surface area contributed by atoms with Gasteiger partial charge >= 0.3 is 0 Å². The van der Waals surface area contributed by atoms with Gasteiger partial charge in [-0.2, -0.15) is 0 Å². The van der Waals surface area contributed by atoms with Crippen LogP contribution in [0.4, 0.5) is 0 Å². The summed E-state index contributed by atoms with van der Waals surface area (Å²) < 4.78 is 33.2. The molecule has 23 heavy (non-hydrogen) atoms. The Kier molecular flexibility index (Phi) is 5.87. The monoisotopic (exact) mass is 341 g/mol. The standard InChI is InChI=1S/C16H23NO5S/c1-21-14-4-3-12(9-15(14)22-2)5-7-17-16(18)10-13-6-8-23(19,20)11-13/h3-4,9,13H,5-8,10-11H2,1-2H3,(H,17,18)/t13-/m0/s1. The highest BCUT2D eigenvalue weighted by molar-refractivity contribution is 7.91. The molecule has 0 radical (unpaired) electrons. The van der Waals surface area contributed by atoms with Gasteiger partial charge in [-0.15, -0.1) is 0 Å². The lowest BCUT2D eigenvalue weighted by atomic mass is 10.0. The molecule has 7 heteroatoms. The van der Waals surface area contributed by atoms with E-state index in [2.05, 4.69) is 5.32 Å². The molecule has 1 heterocycles. The minimum absolute atomic E-state index is 0.0407. The maximum atomic E-state index is 11.9. The number of amides is 1. The van der Waals surface area contributed by atoms with E-state index < -0.39 is 9.84 Å². The number of carbonyl (C=O) groups excluding carboxylic acids is 1. The fourth-order valence-electron chi connectivity index (χ4n) is 2.75. The molecule has 1 amide bonds. The molecule has 0 unspecified atom stereocenters. The molecule has 0 bridgehead atoms. The lowest BCUT2D eigenvalue weighted by molar-refractivity contribution is -0.121. The zero-order valence-electron chi connectivity index (χ0n) is 13.5. The van der Waals surface area contributed by atoms with Gasteiger partial charge in [-0.05, 0) is 36.5 Å².